The van der Waals surface area contributed by atoms with Crippen LogP contribution in [0.4, 0.5) is 0 Å². The normalized spacial score (nSPS) is 12.4. The predicted molar refractivity (Wildman–Crippen MR) is 72.3 cm³/mol. The minimum Gasteiger partial charge on any atom is -0.459 e. The summed E-state index contributed by atoms with van der Waals surface area (Å²) >= 11 is 0. The first-order valence-electron chi connectivity index (χ1n) is 6.08. The van der Waals surface area contributed by atoms with E-state index in [4.69, 9.17) is 10.2 Å². The van der Waals surface area contributed by atoms with Crippen molar-refractivity contribution >= 4 is 11.0 Å². The highest BCUT2D eigenvalue weighted by Crippen LogP contribution is 2.36. The van der Waals surface area contributed by atoms with Crippen LogP contribution in [0.25, 0.3) is 11.0 Å². The van der Waals surface area contributed by atoms with Gasteiger partial charge in [-0.1, -0.05) is 32.9 Å². The Morgan fingerprint density at radius 2 is 1.82 bits per heavy atom. The lowest BCUT2D eigenvalue weighted by Crippen LogP contribution is -2.11. The van der Waals surface area contributed by atoms with Gasteiger partial charge in [0.05, 0.1) is 6.54 Å². The van der Waals surface area contributed by atoms with E-state index in [0.717, 1.165) is 11.3 Å². The van der Waals surface area contributed by atoms with Crippen LogP contribution in [0, 0.1) is 13.8 Å². The maximum atomic E-state index is 5.96. The number of fused-ring (bicyclic) bond motifs is 1. The number of hydrogen-bond acceptors (Lipinski definition) is 2. The quantitative estimate of drug-likeness (QED) is 0.810. The van der Waals surface area contributed by atoms with Crippen molar-refractivity contribution in [1.29, 1.82) is 0 Å². The fourth-order valence-electron chi connectivity index (χ4n) is 2.38. The molecule has 0 radical (unpaired) electrons. The lowest BCUT2D eigenvalue weighted by Gasteiger charge is -2.19. The zero-order valence-corrected chi connectivity index (χ0v) is 11.3. The molecule has 17 heavy (non-hydrogen) atoms. The molecule has 2 nitrogen and oxygen atoms in total. The molecule has 2 heteroatoms. The summed E-state index contributed by atoms with van der Waals surface area (Å²) in [5.41, 5.74) is 10.5. The van der Waals surface area contributed by atoms with Crippen molar-refractivity contribution in [2.45, 2.75) is 46.6 Å². The van der Waals surface area contributed by atoms with Gasteiger partial charge in [0.15, 0.2) is 0 Å². The third-order valence-electron chi connectivity index (χ3n) is 3.38. The largest absolute Gasteiger partial charge is 0.459 e. The summed E-state index contributed by atoms with van der Waals surface area (Å²) in [7, 11) is 0. The van der Waals surface area contributed by atoms with Crippen molar-refractivity contribution in [2.75, 3.05) is 0 Å². The molecule has 0 atom stereocenters. The van der Waals surface area contributed by atoms with E-state index in [1.165, 1.54) is 22.1 Å². The molecule has 0 bridgehead atoms. The second-order valence-corrected chi connectivity index (χ2v) is 5.74. The maximum Gasteiger partial charge on any atom is 0.138 e. The van der Waals surface area contributed by atoms with E-state index in [-0.39, 0.29) is 5.41 Å². The van der Waals surface area contributed by atoms with Crippen LogP contribution in [0.2, 0.25) is 0 Å². The third-order valence-corrected chi connectivity index (χ3v) is 3.38. The molecule has 92 valence electrons. The molecule has 0 saturated heterocycles. The molecule has 2 rings (SSSR count). The molecular weight excluding hydrogens is 210 g/mol. The van der Waals surface area contributed by atoms with Gasteiger partial charge in [0, 0.05) is 10.9 Å². The Labute approximate surface area is 103 Å². The SMILES string of the molecule is Cc1ccc(C(C)(C)C)c2oc(CN)c(C)c12. The molecule has 0 unspecified atom stereocenters. The Morgan fingerprint density at radius 1 is 1.18 bits per heavy atom. The van der Waals surface area contributed by atoms with Crippen LogP contribution in [0.3, 0.4) is 0 Å². The minimum atomic E-state index is 0.0854. The molecule has 0 aliphatic heterocycles. The highest BCUT2D eigenvalue weighted by molar-refractivity contribution is 5.88. The summed E-state index contributed by atoms with van der Waals surface area (Å²) in [5, 5.41) is 1.23. The Kier molecular flexibility index (Phi) is 2.78. The summed E-state index contributed by atoms with van der Waals surface area (Å²) < 4.78 is 5.96. The van der Waals surface area contributed by atoms with Crippen molar-refractivity contribution in [3.63, 3.8) is 0 Å². The van der Waals surface area contributed by atoms with Gasteiger partial charge in [0.2, 0.25) is 0 Å². The molecule has 2 aromatic rings. The van der Waals surface area contributed by atoms with Crippen LogP contribution < -0.4 is 5.73 Å². The standard InChI is InChI=1S/C15H21NO/c1-9-6-7-11(15(3,4)5)14-13(9)10(2)12(8-16)17-14/h6-7H,8,16H2,1-5H3. The van der Waals surface area contributed by atoms with Gasteiger partial charge in [-0.15, -0.1) is 0 Å². The molecule has 0 fully saturated rings. The van der Waals surface area contributed by atoms with E-state index < -0.39 is 0 Å². The fourth-order valence-corrected chi connectivity index (χ4v) is 2.38. The summed E-state index contributed by atoms with van der Waals surface area (Å²) in [4.78, 5) is 0. The summed E-state index contributed by atoms with van der Waals surface area (Å²) in [6.07, 6.45) is 0. The molecule has 0 aliphatic carbocycles. The van der Waals surface area contributed by atoms with Crippen LogP contribution in [0.15, 0.2) is 16.5 Å². The summed E-state index contributed by atoms with van der Waals surface area (Å²) in [6.45, 7) is 11.3. The molecule has 2 N–H and O–H groups in total. The Balaban J connectivity index is 2.87. The zero-order chi connectivity index (χ0) is 12.8. The second-order valence-electron chi connectivity index (χ2n) is 5.74. The van der Waals surface area contributed by atoms with E-state index >= 15 is 0 Å². The molecule has 1 aromatic carbocycles. The van der Waals surface area contributed by atoms with Crippen LogP contribution in [0.5, 0.6) is 0 Å². The third kappa shape index (κ3) is 1.87. The zero-order valence-electron chi connectivity index (χ0n) is 11.3. The predicted octanol–water partition coefficient (Wildman–Crippen LogP) is 3.81. The monoisotopic (exact) mass is 231 g/mol. The fraction of sp³-hybridized carbons (Fsp3) is 0.467. The number of nitrogens with two attached hydrogens (primary N) is 1. The van der Waals surface area contributed by atoms with Crippen LogP contribution in [0.1, 0.15) is 43.2 Å². The lowest BCUT2D eigenvalue weighted by atomic mass is 9.85. The van der Waals surface area contributed by atoms with E-state index in [0.29, 0.717) is 6.54 Å². The van der Waals surface area contributed by atoms with Gasteiger partial charge >= 0.3 is 0 Å². The molecular formula is C15H21NO. The summed E-state index contributed by atoms with van der Waals surface area (Å²) in [6, 6.07) is 4.34. The average Bonchev–Trinajstić information content (AvgIpc) is 2.55. The maximum absolute atomic E-state index is 5.96. The van der Waals surface area contributed by atoms with Crippen molar-refractivity contribution in [3.05, 3.63) is 34.6 Å². The number of benzene rings is 1. The minimum absolute atomic E-state index is 0.0854. The Hall–Kier alpha value is -1.28. The Morgan fingerprint density at radius 3 is 2.35 bits per heavy atom. The van der Waals surface area contributed by atoms with Gasteiger partial charge < -0.3 is 10.2 Å². The first-order valence-corrected chi connectivity index (χ1v) is 6.08. The van der Waals surface area contributed by atoms with Crippen LogP contribution in [-0.4, -0.2) is 0 Å². The molecule has 0 amide bonds. The van der Waals surface area contributed by atoms with E-state index in [1.807, 2.05) is 0 Å². The van der Waals surface area contributed by atoms with E-state index in [2.05, 4.69) is 46.8 Å². The molecule has 1 aromatic heterocycles. The number of aryl methyl sites for hydroxylation is 2. The molecule has 1 heterocycles. The highest BCUT2D eigenvalue weighted by atomic mass is 16.3. The number of rotatable bonds is 1. The van der Waals surface area contributed by atoms with E-state index in [9.17, 15) is 0 Å². The highest BCUT2D eigenvalue weighted by Gasteiger charge is 2.22. The topological polar surface area (TPSA) is 39.2 Å². The average molecular weight is 231 g/mol. The van der Waals surface area contributed by atoms with Crippen molar-refractivity contribution in [1.82, 2.24) is 0 Å². The number of furan rings is 1. The molecule has 0 saturated carbocycles. The smallest absolute Gasteiger partial charge is 0.138 e. The lowest BCUT2D eigenvalue weighted by molar-refractivity contribution is 0.524. The first-order chi connectivity index (χ1) is 7.86. The van der Waals surface area contributed by atoms with Gasteiger partial charge in [0.1, 0.15) is 11.3 Å². The van der Waals surface area contributed by atoms with Gasteiger partial charge in [0.25, 0.3) is 0 Å². The van der Waals surface area contributed by atoms with Crippen LogP contribution in [-0.2, 0) is 12.0 Å². The first kappa shape index (κ1) is 12.2. The molecule has 0 spiro atoms. The van der Waals surface area contributed by atoms with Gasteiger partial charge in [-0.25, -0.2) is 0 Å². The summed E-state index contributed by atoms with van der Waals surface area (Å²) in [5.74, 6) is 0.903. The van der Waals surface area contributed by atoms with E-state index in [1.54, 1.807) is 0 Å². The van der Waals surface area contributed by atoms with Crippen molar-refractivity contribution in [3.8, 4) is 0 Å². The Bertz CT molecular complexity index is 558. The number of hydrogen-bond donors (Lipinski definition) is 1. The second kappa shape index (κ2) is 3.88. The van der Waals surface area contributed by atoms with Gasteiger partial charge in [-0.3, -0.25) is 0 Å². The van der Waals surface area contributed by atoms with Crippen molar-refractivity contribution < 1.29 is 4.42 Å². The van der Waals surface area contributed by atoms with Gasteiger partial charge in [-0.05, 0) is 30.4 Å². The molecule has 0 aliphatic rings. The van der Waals surface area contributed by atoms with Crippen molar-refractivity contribution in [2.24, 2.45) is 5.73 Å². The van der Waals surface area contributed by atoms with Gasteiger partial charge in [-0.2, -0.15) is 0 Å². The van der Waals surface area contributed by atoms with Crippen LogP contribution >= 0.6 is 0 Å².